The fourth-order valence-corrected chi connectivity index (χ4v) is 2.68. The van der Waals surface area contributed by atoms with Crippen molar-refractivity contribution >= 4 is 0 Å². The Morgan fingerprint density at radius 3 is 2.48 bits per heavy atom. The summed E-state index contributed by atoms with van der Waals surface area (Å²) in [6.45, 7) is 12.8. The molecule has 6 nitrogen and oxygen atoms in total. The number of hydrogen-bond acceptors (Lipinski definition) is 5. The van der Waals surface area contributed by atoms with Crippen molar-refractivity contribution in [2.75, 3.05) is 13.2 Å². The van der Waals surface area contributed by atoms with Crippen LogP contribution in [0.5, 0.6) is 5.75 Å². The Balaban J connectivity index is 0.00000113. The van der Waals surface area contributed by atoms with Crippen molar-refractivity contribution in [1.29, 1.82) is 0 Å². The van der Waals surface area contributed by atoms with E-state index in [1.54, 1.807) is 6.20 Å². The highest BCUT2D eigenvalue weighted by atomic mass is 16.5. The van der Waals surface area contributed by atoms with Gasteiger partial charge in [0.1, 0.15) is 17.3 Å². The van der Waals surface area contributed by atoms with Crippen molar-refractivity contribution in [2.45, 2.75) is 60.4 Å². The molecule has 168 valence electrons. The molecule has 1 unspecified atom stereocenters. The summed E-state index contributed by atoms with van der Waals surface area (Å²) in [5, 5.41) is 12.9. The average Bonchev–Trinajstić information content (AvgIpc) is 3.50. The highest BCUT2D eigenvalue weighted by Crippen LogP contribution is 2.19. The lowest BCUT2D eigenvalue weighted by Gasteiger charge is -2.12. The van der Waals surface area contributed by atoms with E-state index >= 15 is 0 Å². The van der Waals surface area contributed by atoms with Crippen molar-refractivity contribution in [3.63, 3.8) is 0 Å². The normalized spacial score (nSPS) is 10.5. The molecule has 1 aromatic carbocycles. The van der Waals surface area contributed by atoms with Gasteiger partial charge in [-0.2, -0.15) is 0 Å². The summed E-state index contributed by atoms with van der Waals surface area (Å²) >= 11 is 0. The molecule has 2 heterocycles. The first-order chi connectivity index (χ1) is 15.2. The third kappa shape index (κ3) is 7.95. The summed E-state index contributed by atoms with van der Waals surface area (Å²) < 4.78 is 13.0. The lowest BCUT2D eigenvalue weighted by molar-refractivity contribution is 0.233. The van der Waals surface area contributed by atoms with Crippen LogP contribution < -0.4 is 4.74 Å². The monoisotopic (exact) mass is 425 g/mol. The van der Waals surface area contributed by atoms with Gasteiger partial charge in [0.05, 0.1) is 12.6 Å². The van der Waals surface area contributed by atoms with Gasteiger partial charge in [0, 0.05) is 43.5 Å². The van der Waals surface area contributed by atoms with Gasteiger partial charge >= 0.3 is 0 Å². The summed E-state index contributed by atoms with van der Waals surface area (Å²) in [4.78, 5) is 4.35. The number of aliphatic hydroxyl groups excluding tert-OH is 1. The van der Waals surface area contributed by atoms with E-state index in [-0.39, 0.29) is 12.6 Å². The third-order valence-corrected chi connectivity index (χ3v) is 4.19. The van der Waals surface area contributed by atoms with E-state index in [0.717, 1.165) is 29.3 Å². The predicted molar refractivity (Wildman–Crippen MR) is 124 cm³/mol. The Morgan fingerprint density at radius 2 is 1.84 bits per heavy atom. The van der Waals surface area contributed by atoms with Gasteiger partial charge in [-0.25, -0.2) is 4.98 Å². The number of hydrogen-bond donors (Lipinski definition) is 1. The van der Waals surface area contributed by atoms with Gasteiger partial charge in [0.15, 0.2) is 0 Å². The largest absolute Gasteiger partial charge is 0.494 e. The van der Waals surface area contributed by atoms with E-state index in [1.807, 2.05) is 64.2 Å². The van der Waals surface area contributed by atoms with E-state index in [4.69, 9.17) is 14.4 Å². The molecule has 0 radical (unpaired) electrons. The van der Waals surface area contributed by atoms with Crippen LogP contribution in [0.3, 0.4) is 0 Å². The lowest BCUT2D eigenvalue weighted by Crippen LogP contribution is -2.09. The van der Waals surface area contributed by atoms with Crippen LogP contribution in [-0.4, -0.2) is 33.0 Å². The second-order valence-electron chi connectivity index (χ2n) is 6.10. The van der Waals surface area contributed by atoms with Crippen LogP contribution in [0.1, 0.15) is 76.8 Å². The maximum atomic E-state index is 8.77. The fourth-order valence-electron chi connectivity index (χ4n) is 2.68. The maximum absolute atomic E-state index is 8.77. The summed E-state index contributed by atoms with van der Waals surface area (Å²) in [6, 6.07) is 9.41. The van der Waals surface area contributed by atoms with Gasteiger partial charge in [-0.1, -0.05) is 45.7 Å². The van der Waals surface area contributed by atoms with E-state index in [0.29, 0.717) is 18.8 Å². The van der Waals surface area contributed by atoms with E-state index < -0.39 is 0 Å². The van der Waals surface area contributed by atoms with Crippen molar-refractivity contribution in [3.05, 3.63) is 65.6 Å². The number of aryl methyl sites for hydroxylation is 1. The molecule has 1 N–H and O–H groups in total. The molecule has 0 saturated heterocycles. The van der Waals surface area contributed by atoms with Gasteiger partial charge in [0.2, 0.25) is 5.76 Å². The topological polar surface area (TPSA) is 73.3 Å². The second-order valence-corrected chi connectivity index (χ2v) is 6.10. The smallest absolute Gasteiger partial charge is 0.210 e. The Kier molecular flexibility index (Phi) is 12.5. The molecule has 0 aliphatic heterocycles. The minimum Gasteiger partial charge on any atom is -0.494 e. The molecular weight excluding hydrogens is 390 g/mol. The molecule has 0 spiro atoms. The summed E-state index contributed by atoms with van der Waals surface area (Å²) in [6.07, 6.45) is 5.23. The zero-order valence-corrected chi connectivity index (χ0v) is 19.6. The Morgan fingerprint density at radius 1 is 1.13 bits per heavy atom. The molecule has 3 aromatic rings. The first-order valence-corrected chi connectivity index (χ1v) is 11.0. The number of aliphatic hydroxyl groups is 1. The lowest BCUT2D eigenvalue weighted by atomic mass is 10.2. The third-order valence-electron chi connectivity index (χ3n) is 4.19. The molecule has 1 atom stereocenters. The maximum Gasteiger partial charge on any atom is 0.210 e. The standard InChI is InChI=1S/C21H23N3O3.2C2H6/c1-3-21-22-11-12-24(21)16(2)20-15-19(27-23-20)10-7-17-5-8-18(9-6-17)26-14-4-13-25;2*1-2/h5-6,8-9,11-12,15-16,25H,3-4,13-14H2,1-2H3;2*1-2H3. The number of benzene rings is 1. The van der Waals surface area contributed by atoms with E-state index in [2.05, 4.69) is 40.4 Å². The molecule has 0 amide bonds. The van der Waals surface area contributed by atoms with Crippen molar-refractivity contribution in [1.82, 2.24) is 14.7 Å². The minimum absolute atomic E-state index is 0.0390. The molecule has 0 saturated carbocycles. The van der Waals surface area contributed by atoms with Crippen molar-refractivity contribution in [2.24, 2.45) is 0 Å². The first-order valence-electron chi connectivity index (χ1n) is 11.0. The van der Waals surface area contributed by atoms with Crippen LogP contribution in [0.4, 0.5) is 0 Å². The SMILES string of the molecule is CC.CC.CCc1nccn1C(C)c1cc(C#Cc2ccc(OCCCO)cc2)on1. The molecular formula is C25H35N3O3. The molecule has 0 aliphatic rings. The Labute approximate surface area is 186 Å². The minimum atomic E-state index is 0.0390. The molecule has 31 heavy (non-hydrogen) atoms. The van der Waals surface area contributed by atoms with E-state index in [9.17, 15) is 0 Å². The van der Waals surface area contributed by atoms with E-state index in [1.165, 1.54) is 0 Å². The van der Waals surface area contributed by atoms with Gasteiger partial charge in [-0.05, 0) is 37.1 Å². The first kappa shape index (κ1) is 26.0. The number of imidazole rings is 1. The number of ether oxygens (including phenoxy) is 1. The number of rotatable bonds is 7. The van der Waals surface area contributed by atoms with Gasteiger partial charge in [-0.15, -0.1) is 0 Å². The van der Waals surface area contributed by atoms with Crippen LogP contribution in [0, 0.1) is 11.8 Å². The molecule has 3 rings (SSSR count). The molecule has 2 aromatic heterocycles. The summed E-state index contributed by atoms with van der Waals surface area (Å²) in [7, 11) is 0. The van der Waals surface area contributed by atoms with Crippen LogP contribution in [0.15, 0.2) is 47.2 Å². The van der Waals surface area contributed by atoms with Crippen LogP contribution in [-0.2, 0) is 6.42 Å². The zero-order valence-electron chi connectivity index (χ0n) is 19.6. The van der Waals surface area contributed by atoms with Crippen LogP contribution >= 0.6 is 0 Å². The highest BCUT2D eigenvalue weighted by Gasteiger charge is 2.15. The quantitative estimate of drug-likeness (QED) is 0.413. The van der Waals surface area contributed by atoms with Crippen LogP contribution in [0.2, 0.25) is 0 Å². The van der Waals surface area contributed by atoms with Crippen molar-refractivity contribution in [3.8, 4) is 17.6 Å². The molecule has 0 bridgehead atoms. The highest BCUT2D eigenvalue weighted by molar-refractivity contribution is 5.42. The molecule has 0 fully saturated rings. The second kappa shape index (κ2) is 14.9. The van der Waals surface area contributed by atoms with Crippen LogP contribution in [0.25, 0.3) is 0 Å². The molecule has 6 heteroatoms. The number of nitrogens with zero attached hydrogens (tertiary/aromatic N) is 3. The summed E-state index contributed by atoms with van der Waals surface area (Å²) in [5.74, 6) is 8.37. The Hall–Kier alpha value is -3.04. The Bertz CT molecular complexity index is 917. The predicted octanol–water partition coefficient (Wildman–Crippen LogP) is 5.26. The number of aromatic nitrogens is 3. The average molecular weight is 426 g/mol. The van der Waals surface area contributed by atoms with Gasteiger partial charge in [-0.3, -0.25) is 0 Å². The zero-order chi connectivity index (χ0) is 23.1. The summed E-state index contributed by atoms with van der Waals surface area (Å²) in [5.41, 5.74) is 1.68. The van der Waals surface area contributed by atoms with Crippen molar-refractivity contribution < 1.29 is 14.4 Å². The molecule has 0 aliphatic carbocycles. The van der Waals surface area contributed by atoms with Gasteiger partial charge < -0.3 is 18.9 Å². The fraction of sp³-hybridized carbons (Fsp3) is 0.440. The van der Waals surface area contributed by atoms with Gasteiger partial charge in [0.25, 0.3) is 0 Å².